The van der Waals surface area contributed by atoms with Crippen molar-refractivity contribution in [2.45, 2.75) is 31.8 Å². The Kier molecular flexibility index (Phi) is 8.50. The van der Waals surface area contributed by atoms with Crippen LogP contribution < -0.4 is 20.3 Å². The van der Waals surface area contributed by atoms with E-state index in [1.54, 1.807) is 55.5 Å². The first-order valence-corrected chi connectivity index (χ1v) is 13.8. The van der Waals surface area contributed by atoms with E-state index in [0.29, 0.717) is 29.4 Å². The third-order valence-corrected chi connectivity index (χ3v) is 7.91. The van der Waals surface area contributed by atoms with Gasteiger partial charge in [0.1, 0.15) is 17.3 Å². The fraction of sp³-hybridized carbons (Fsp3) is 0.273. The first-order valence-electron chi connectivity index (χ1n) is 13.8. The zero-order valence-electron chi connectivity index (χ0n) is 23.2. The smallest absolute Gasteiger partial charge is 0.255 e. The molecule has 2 atom stereocenters. The molecular weight excluding hydrogens is 521 g/mol. The fourth-order valence-electron chi connectivity index (χ4n) is 5.66. The van der Waals surface area contributed by atoms with Crippen LogP contribution in [0.4, 0.5) is 10.1 Å². The van der Waals surface area contributed by atoms with Gasteiger partial charge < -0.3 is 25.4 Å². The Hall–Kier alpha value is -4.43. The number of methoxy groups -OCH3 is 1. The van der Waals surface area contributed by atoms with Gasteiger partial charge in [-0.05, 0) is 73.7 Å². The summed E-state index contributed by atoms with van der Waals surface area (Å²) in [7, 11) is 3.38. The highest BCUT2D eigenvalue weighted by Crippen LogP contribution is 2.36. The van der Waals surface area contributed by atoms with E-state index in [1.807, 2.05) is 30.3 Å². The summed E-state index contributed by atoms with van der Waals surface area (Å²) in [4.78, 5) is 28.7. The van der Waals surface area contributed by atoms with Gasteiger partial charge in [0, 0.05) is 35.1 Å². The minimum Gasteiger partial charge on any atom is -0.507 e. The normalized spacial score (nSPS) is 15.7. The monoisotopic (exact) mass is 555 g/mol. The summed E-state index contributed by atoms with van der Waals surface area (Å²) in [6.45, 7) is 0.515. The number of anilines is 1. The SMILES string of the molecule is CNC(CNC(=O)c1ccccc1O)C[C@@H]1CCc2ccccc2N(Cc2c(OC)ccc3c(F)cccc23)C1=O. The van der Waals surface area contributed by atoms with Crippen molar-refractivity contribution in [1.29, 1.82) is 0 Å². The highest BCUT2D eigenvalue weighted by Gasteiger charge is 2.33. The highest BCUT2D eigenvalue weighted by molar-refractivity contribution is 5.98. The number of halogens is 1. The Labute approximate surface area is 238 Å². The number of carbonyl (C=O) groups excluding carboxylic acids is 2. The molecule has 1 unspecified atom stereocenters. The van der Waals surface area contributed by atoms with E-state index < -0.39 is 0 Å². The van der Waals surface area contributed by atoms with Gasteiger partial charge in [0.15, 0.2) is 0 Å². The molecule has 5 rings (SSSR count). The second-order valence-electron chi connectivity index (χ2n) is 10.3. The molecule has 1 aliphatic rings. The Balaban J connectivity index is 1.41. The molecule has 0 saturated carbocycles. The molecule has 4 aromatic carbocycles. The van der Waals surface area contributed by atoms with Crippen LogP contribution in [0.3, 0.4) is 0 Å². The molecule has 0 spiro atoms. The van der Waals surface area contributed by atoms with Crippen molar-refractivity contribution in [2.24, 2.45) is 5.92 Å². The average molecular weight is 556 g/mol. The van der Waals surface area contributed by atoms with Crippen LogP contribution in [-0.4, -0.2) is 43.7 Å². The second-order valence-corrected chi connectivity index (χ2v) is 10.3. The van der Waals surface area contributed by atoms with Gasteiger partial charge in [0.05, 0.1) is 19.2 Å². The lowest BCUT2D eigenvalue weighted by atomic mass is 9.93. The van der Waals surface area contributed by atoms with Gasteiger partial charge in [-0.1, -0.05) is 42.5 Å². The topological polar surface area (TPSA) is 90.9 Å². The molecule has 0 aromatic heterocycles. The van der Waals surface area contributed by atoms with Crippen LogP contribution in [0, 0.1) is 11.7 Å². The summed E-state index contributed by atoms with van der Waals surface area (Å²) in [5, 5.41) is 17.3. The number of aryl methyl sites for hydroxylation is 1. The van der Waals surface area contributed by atoms with E-state index in [0.717, 1.165) is 23.2 Å². The maximum absolute atomic E-state index is 14.7. The molecule has 1 heterocycles. The Morgan fingerprint density at radius 2 is 1.83 bits per heavy atom. The van der Waals surface area contributed by atoms with Gasteiger partial charge in [0.25, 0.3) is 5.91 Å². The number of amides is 2. The van der Waals surface area contributed by atoms with Crippen LogP contribution in [0.1, 0.15) is 34.3 Å². The minimum atomic E-state index is -0.375. The number of phenols is 1. The van der Waals surface area contributed by atoms with Crippen molar-refractivity contribution in [3.05, 3.63) is 101 Å². The number of ether oxygens (including phenoxy) is 1. The lowest BCUT2D eigenvalue weighted by Crippen LogP contribution is -2.43. The van der Waals surface area contributed by atoms with Crippen LogP contribution in [-0.2, 0) is 17.8 Å². The second kappa shape index (κ2) is 12.4. The summed E-state index contributed by atoms with van der Waals surface area (Å²) in [6, 6.07) is 22.5. The first kappa shape index (κ1) is 28.1. The van der Waals surface area contributed by atoms with Gasteiger partial charge in [0.2, 0.25) is 5.91 Å². The van der Waals surface area contributed by atoms with Gasteiger partial charge in [-0.15, -0.1) is 0 Å². The van der Waals surface area contributed by atoms with Gasteiger partial charge in [-0.2, -0.15) is 0 Å². The predicted octanol–water partition coefficient (Wildman–Crippen LogP) is 5.20. The van der Waals surface area contributed by atoms with Crippen molar-refractivity contribution in [1.82, 2.24) is 10.6 Å². The number of benzene rings is 4. The molecular formula is C33H34FN3O4. The summed E-state index contributed by atoms with van der Waals surface area (Å²) >= 11 is 0. The van der Waals surface area contributed by atoms with Crippen molar-refractivity contribution < 1.29 is 23.8 Å². The molecule has 7 nitrogen and oxygen atoms in total. The van der Waals surface area contributed by atoms with Crippen molar-refractivity contribution >= 4 is 28.3 Å². The van der Waals surface area contributed by atoms with E-state index in [-0.39, 0.29) is 54.0 Å². The molecule has 0 bridgehead atoms. The van der Waals surface area contributed by atoms with E-state index >= 15 is 0 Å². The van der Waals surface area contributed by atoms with Gasteiger partial charge in [-0.25, -0.2) is 4.39 Å². The van der Waals surface area contributed by atoms with Crippen LogP contribution in [0.2, 0.25) is 0 Å². The maximum Gasteiger partial charge on any atom is 0.255 e. The predicted molar refractivity (Wildman–Crippen MR) is 158 cm³/mol. The Bertz CT molecular complexity index is 1570. The van der Waals surface area contributed by atoms with Crippen LogP contribution in [0.5, 0.6) is 11.5 Å². The molecule has 8 heteroatoms. The molecule has 0 fully saturated rings. The van der Waals surface area contributed by atoms with Crippen molar-refractivity contribution in [2.75, 3.05) is 25.6 Å². The van der Waals surface area contributed by atoms with E-state index in [2.05, 4.69) is 10.6 Å². The summed E-state index contributed by atoms with van der Waals surface area (Å²) < 4.78 is 20.4. The number of para-hydroxylation sites is 2. The average Bonchev–Trinajstić information content (AvgIpc) is 3.12. The quantitative estimate of drug-likeness (QED) is 0.264. The summed E-state index contributed by atoms with van der Waals surface area (Å²) in [6.07, 6.45) is 1.88. The maximum atomic E-state index is 14.7. The lowest BCUT2D eigenvalue weighted by Gasteiger charge is -2.29. The number of hydrogen-bond acceptors (Lipinski definition) is 5. The number of likely N-dealkylation sites (N-methyl/N-ethyl adjacent to an activating group) is 1. The van der Waals surface area contributed by atoms with Gasteiger partial charge in [-0.3, -0.25) is 9.59 Å². The number of nitrogens with zero attached hydrogens (tertiary/aromatic N) is 1. The number of phenolic OH excluding ortho intramolecular Hbond substituents is 1. The fourth-order valence-corrected chi connectivity index (χ4v) is 5.66. The number of fused-ring (bicyclic) bond motifs is 2. The zero-order chi connectivity index (χ0) is 28.9. The van der Waals surface area contributed by atoms with Crippen molar-refractivity contribution in [3.63, 3.8) is 0 Å². The minimum absolute atomic E-state index is 0.0299. The van der Waals surface area contributed by atoms with Crippen LogP contribution >= 0.6 is 0 Å². The highest BCUT2D eigenvalue weighted by atomic mass is 19.1. The van der Waals surface area contributed by atoms with E-state index in [9.17, 15) is 19.1 Å². The zero-order valence-corrected chi connectivity index (χ0v) is 23.2. The molecule has 0 aliphatic carbocycles. The Morgan fingerprint density at radius 1 is 1.05 bits per heavy atom. The third-order valence-electron chi connectivity index (χ3n) is 7.91. The lowest BCUT2D eigenvalue weighted by molar-refractivity contribution is -0.123. The first-order chi connectivity index (χ1) is 19.9. The summed E-state index contributed by atoms with van der Waals surface area (Å²) in [5.41, 5.74) is 2.86. The molecule has 0 radical (unpaired) electrons. The third kappa shape index (κ3) is 5.88. The molecule has 41 heavy (non-hydrogen) atoms. The molecule has 4 aromatic rings. The van der Waals surface area contributed by atoms with Crippen molar-refractivity contribution in [3.8, 4) is 11.5 Å². The number of aromatic hydroxyl groups is 1. The van der Waals surface area contributed by atoms with Crippen LogP contribution in [0.25, 0.3) is 10.8 Å². The van der Waals surface area contributed by atoms with E-state index in [4.69, 9.17) is 4.74 Å². The number of hydrogen-bond donors (Lipinski definition) is 3. The molecule has 2 amide bonds. The number of rotatable bonds is 9. The summed E-state index contributed by atoms with van der Waals surface area (Å²) in [5.74, 6) is -0.539. The number of nitrogens with one attached hydrogen (secondary N) is 2. The standard InChI is InChI=1S/C33H34FN3O4/c1-35-23(19-36-32(39)26-9-4-6-13-30(26)38)18-22-15-14-21-8-3-5-12-29(21)37(33(22)40)20-27-24-10-7-11-28(34)25(24)16-17-31(27)41-2/h3-13,16-17,22-23,35,38H,14-15,18-20H2,1-2H3,(H,36,39)/t22-,23?/m0/s1. The van der Waals surface area contributed by atoms with Crippen LogP contribution in [0.15, 0.2) is 78.9 Å². The molecule has 3 N–H and O–H groups in total. The molecule has 1 aliphatic heterocycles. The largest absolute Gasteiger partial charge is 0.507 e. The molecule has 0 saturated heterocycles. The van der Waals surface area contributed by atoms with Gasteiger partial charge >= 0.3 is 0 Å². The van der Waals surface area contributed by atoms with E-state index in [1.165, 1.54) is 12.1 Å². The Morgan fingerprint density at radius 3 is 2.61 bits per heavy atom. The number of carbonyl (C=O) groups is 2. The molecule has 212 valence electrons.